The van der Waals surface area contributed by atoms with Crippen LogP contribution in [0.15, 0.2) is 12.3 Å². The number of fused-ring (bicyclic) bond motifs is 3. The molecule has 0 aromatic carbocycles. The Morgan fingerprint density at radius 3 is 3.16 bits per heavy atom. The number of halogens is 3. The van der Waals surface area contributed by atoms with E-state index in [9.17, 15) is 8.78 Å². The average Bonchev–Trinajstić information content (AvgIpc) is 3.07. The summed E-state index contributed by atoms with van der Waals surface area (Å²) in [6, 6.07) is 1.24. The molecule has 1 saturated heterocycles. The Bertz CT molecular complexity index is 788. The van der Waals surface area contributed by atoms with Crippen molar-refractivity contribution < 1.29 is 22.6 Å². The van der Waals surface area contributed by atoms with Crippen LogP contribution in [0.4, 0.5) is 24.8 Å². The van der Waals surface area contributed by atoms with E-state index in [-0.39, 0.29) is 35.6 Å². The summed E-state index contributed by atoms with van der Waals surface area (Å²) >= 11 is 0. The van der Waals surface area contributed by atoms with Crippen molar-refractivity contribution in [3.8, 4) is 11.8 Å². The second-order valence-corrected chi connectivity index (χ2v) is 6.03. The normalized spacial score (nSPS) is 25.4. The van der Waals surface area contributed by atoms with E-state index in [1.807, 2.05) is 11.9 Å². The highest BCUT2D eigenvalue weighted by atomic mass is 19.3. The number of hydrogen-bond donors (Lipinski definition) is 2. The lowest BCUT2D eigenvalue weighted by molar-refractivity contribution is -0.0528. The van der Waals surface area contributed by atoms with Crippen molar-refractivity contribution in [3.05, 3.63) is 18.0 Å². The largest absolute Gasteiger partial charge is 0.469 e. The zero-order valence-corrected chi connectivity index (χ0v) is 13.2. The number of likely N-dealkylation sites (tertiary alicyclic amines) is 1. The second-order valence-electron chi connectivity index (χ2n) is 6.03. The summed E-state index contributed by atoms with van der Waals surface area (Å²) < 4.78 is 49.4. The molecule has 0 spiro atoms. The number of anilines is 2. The van der Waals surface area contributed by atoms with Gasteiger partial charge in [0.15, 0.2) is 5.82 Å². The van der Waals surface area contributed by atoms with Gasteiger partial charge in [0.1, 0.15) is 17.6 Å². The predicted molar refractivity (Wildman–Crippen MR) is 79.9 cm³/mol. The molecular weight excluding hydrogens is 341 g/mol. The van der Waals surface area contributed by atoms with Gasteiger partial charge >= 0.3 is 6.61 Å². The van der Waals surface area contributed by atoms with Gasteiger partial charge < -0.3 is 19.7 Å². The lowest BCUT2D eigenvalue weighted by atomic mass is 9.90. The molecule has 134 valence electrons. The highest BCUT2D eigenvalue weighted by Crippen LogP contribution is 2.46. The quantitative estimate of drug-likeness (QED) is 0.864. The van der Waals surface area contributed by atoms with Gasteiger partial charge in [-0.3, -0.25) is 5.10 Å². The second kappa shape index (κ2) is 5.76. The van der Waals surface area contributed by atoms with Crippen molar-refractivity contribution in [2.45, 2.75) is 24.8 Å². The molecule has 4 rings (SSSR count). The molecule has 0 radical (unpaired) electrons. The highest BCUT2D eigenvalue weighted by molar-refractivity contribution is 5.53. The van der Waals surface area contributed by atoms with E-state index in [0.29, 0.717) is 6.42 Å². The van der Waals surface area contributed by atoms with E-state index in [1.54, 1.807) is 0 Å². The third kappa shape index (κ3) is 2.84. The third-order valence-electron chi connectivity index (χ3n) is 4.20. The molecule has 0 amide bonds. The van der Waals surface area contributed by atoms with Crippen LogP contribution < -0.4 is 14.8 Å². The van der Waals surface area contributed by atoms with Crippen molar-refractivity contribution in [2.75, 3.05) is 25.5 Å². The molecule has 0 saturated carbocycles. The minimum absolute atomic E-state index is 0.136. The van der Waals surface area contributed by atoms with E-state index >= 15 is 4.39 Å². The average molecular weight is 356 g/mol. The summed E-state index contributed by atoms with van der Waals surface area (Å²) in [4.78, 5) is 10.3. The molecular formula is C14H15F3N6O2. The Balaban J connectivity index is 1.54. The van der Waals surface area contributed by atoms with Crippen molar-refractivity contribution in [2.24, 2.45) is 0 Å². The van der Waals surface area contributed by atoms with Crippen molar-refractivity contribution >= 4 is 11.6 Å². The minimum Gasteiger partial charge on any atom is -0.469 e. The number of aromatic amines is 1. The van der Waals surface area contributed by atoms with Crippen molar-refractivity contribution in [1.29, 1.82) is 0 Å². The third-order valence-corrected chi connectivity index (χ3v) is 4.20. The SMILES string of the molecule is CN1CCC2Oc3nc(Nc4cc(OC(F)F)n[nH]4)cnc3[C@@]2(F)C1. The van der Waals surface area contributed by atoms with E-state index in [0.717, 1.165) is 6.54 Å². The first-order valence-corrected chi connectivity index (χ1v) is 7.63. The summed E-state index contributed by atoms with van der Waals surface area (Å²) in [5.74, 6) is 0.410. The van der Waals surface area contributed by atoms with Crippen LogP contribution in [0.25, 0.3) is 0 Å². The van der Waals surface area contributed by atoms with Gasteiger partial charge in [-0.15, -0.1) is 5.10 Å². The first kappa shape index (κ1) is 15.9. The van der Waals surface area contributed by atoms with Crippen molar-refractivity contribution in [1.82, 2.24) is 25.1 Å². The molecule has 25 heavy (non-hydrogen) atoms. The molecule has 8 nitrogen and oxygen atoms in total. The van der Waals surface area contributed by atoms with Gasteiger partial charge in [0, 0.05) is 25.6 Å². The van der Waals surface area contributed by atoms with Crippen LogP contribution in [0.2, 0.25) is 0 Å². The lowest BCUT2D eigenvalue weighted by Gasteiger charge is -2.35. The number of aromatic nitrogens is 4. The minimum atomic E-state index is -2.97. The van der Waals surface area contributed by atoms with E-state index in [2.05, 4.69) is 30.2 Å². The zero-order chi connectivity index (χ0) is 17.6. The summed E-state index contributed by atoms with van der Waals surface area (Å²) in [5.41, 5.74) is -1.50. The lowest BCUT2D eigenvalue weighted by Crippen LogP contribution is -2.50. The maximum absolute atomic E-state index is 15.3. The Kier molecular flexibility index (Phi) is 3.67. The summed E-state index contributed by atoms with van der Waals surface area (Å²) in [6.45, 7) is -2.04. The summed E-state index contributed by atoms with van der Waals surface area (Å²) in [5, 5.41) is 8.85. The van der Waals surface area contributed by atoms with Gasteiger partial charge in [-0.1, -0.05) is 0 Å². The molecule has 2 aromatic heterocycles. The molecule has 2 aliphatic rings. The van der Waals surface area contributed by atoms with Gasteiger partial charge in [-0.2, -0.15) is 13.8 Å². The Hall–Kier alpha value is -2.56. The van der Waals surface area contributed by atoms with E-state index < -0.39 is 18.4 Å². The number of H-pyrrole nitrogens is 1. The Morgan fingerprint density at radius 2 is 2.36 bits per heavy atom. The topological polar surface area (TPSA) is 88.2 Å². The van der Waals surface area contributed by atoms with Crippen LogP contribution in [-0.4, -0.2) is 57.9 Å². The van der Waals surface area contributed by atoms with Crippen LogP contribution in [0, 0.1) is 0 Å². The molecule has 0 bridgehead atoms. The van der Waals surface area contributed by atoms with Gasteiger partial charge in [0.2, 0.25) is 17.4 Å². The first-order chi connectivity index (χ1) is 11.9. The number of nitrogens with one attached hydrogen (secondary N) is 2. The number of rotatable bonds is 4. The van der Waals surface area contributed by atoms with Crippen LogP contribution >= 0.6 is 0 Å². The fourth-order valence-electron chi connectivity index (χ4n) is 3.11. The van der Waals surface area contributed by atoms with Gasteiger partial charge in [0.05, 0.1) is 6.20 Å². The summed E-state index contributed by atoms with van der Waals surface area (Å²) in [6.07, 6.45) is 1.30. The first-order valence-electron chi connectivity index (χ1n) is 7.63. The number of likely N-dealkylation sites (N-methyl/N-ethyl adjacent to an activating group) is 1. The van der Waals surface area contributed by atoms with E-state index in [1.165, 1.54) is 12.3 Å². The Morgan fingerprint density at radius 1 is 1.52 bits per heavy atom. The predicted octanol–water partition coefficient (Wildman–Crippen LogP) is 1.81. The van der Waals surface area contributed by atoms with E-state index in [4.69, 9.17) is 4.74 Å². The van der Waals surface area contributed by atoms with Gasteiger partial charge in [0.25, 0.3) is 0 Å². The number of alkyl halides is 3. The number of hydrogen-bond acceptors (Lipinski definition) is 7. The zero-order valence-electron chi connectivity index (χ0n) is 13.2. The smallest absolute Gasteiger partial charge is 0.388 e. The van der Waals surface area contributed by atoms with Crippen LogP contribution in [-0.2, 0) is 5.67 Å². The molecule has 11 heteroatoms. The van der Waals surface area contributed by atoms with Gasteiger partial charge in [-0.25, -0.2) is 9.37 Å². The van der Waals surface area contributed by atoms with Crippen LogP contribution in [0.1, 0.15) is 12.1 Å². The molecule has 2 aliphatic heterocycles. The molecule has 2 N–H and O–H groups in total. The number of nitrogens with zero attached hydrogens (tertiary/aromatic N) is 4. The van der Waals surface area contributed by atoms with Crippen LogP contribution in [0.3, 0.4) is 0 Å². The molecule has 1 unspecified atom stereocenters. The number of ether oxygens (including phenoxy) is 2. The monoisotopic (exact) mass is 356 g/mol. The van der Waals surface area contributed by atoms with Crippen molar-refractivity contribution in [3.63, 3.8) is 0 Å². The van der Waals surface area contributed by atoms with Crippen LogP contribution in [0.5, 0.6) is 11.8 Å². The highest BCUT2D eigenvalue weighted by Gasteiger charge is 2.54. The fourth-order valence-corrected chi connectivity index (χ4v) is 3.11. The van der Waals surface area contributed by atoms with Gasteiger partial charge in [-0.05, 0) is 7.05 Å². The summed E-state index contributed by atoms with van der Waals surface area (Å²) in [7, 11) is 1.84. The maximum Gasteiger partial charge on any atom is 0.388 e. The Labute approximate surface area is 140 Å². The number of piperidine rings is 1. The molecule has 1 fully saturated rings. The molecule has 2 atom stereocenters. The maximum atomic E-state index is 15.3. The molecule has 0 aliphatic carbocycles. The molecule has 2 aromatic rings. The standard InChI is InChI=1S/C14H15F3N6O2/c1-23-3-2-7-14(17,6-23)11-12(24-7)20-9(5-18-11)19-8-4-10(22-21-8)25-13(15)16/h4-5,7,13H,2-3,6H2,1H3,(H2,19,20,21,22)/t7?,14-/m1/s1. The molecule has 4 heterocycles. The fraction of sp³-hybridized carbons (Fsp3) is 0.500.